The van der Waals surface area contributed by atoms with Crippen LogP contribution in [0.3, 0.4) is 0 Å². The second-order valence-corrected chi connectivity index (χ2v) is 5.42. The number of hydrogen-bond donors (Lipinski definition) is 0. The van der Waals surface area contributed by atoms with Gasteiger partial charge >= 0.3 is 0 Å². The van der Waals surface area contributed by atoms with Crippen molar-refractivity contribution in [2.24, 2.45) is 0 Å². The Balaban J connectivity index is 2.14. The zero-order valence-electron chi connectivity index (χ0n) is 10.8. The van der Waals surface area contributed by atoms with Crippen LogP contribution in [-0.2, 0) is 6.42 Å². The number of aryl methyl sites for hydroxylation is 1. The number of hydrogen-bond acceptors (Lipinski definition) is 4. The molecule has 4 nitrogen and oxygen atoms in total. The number of fused-ring (bicyclic) bond motifs is 1. The molecule has 20 heavy (non-hydrogen) atoms. The van der Waals surface area contributed by atoms with Crippen molar-refractivity contribution in [2.45, 2.75) is 19.8 Å². The summed E-state index contributed by atoms with van der Waals surface area (Å²) in [6.45, 7) is 2.03. The van der Waals surface area contributed by atoms with E-state index in [1.54, 1.807) is 18.2 Å². The normalized spacial score (nSPS) is 12.4. The second-order valence-electron chi connectivity index (χ2n) is 4.41. The van der Waals surface area contributed by atoms with Gasteiger partial charge < -0.3 is 0 Å². The number of rotatable bonds is 3. The Hall–Kier alpha value is -2.08. The van der Waals surface area contributed by atoms with Crippen molar-refractivity contribution >= 4 is 22.4 Å². The van der Waals surface area contributed by atoms with Crippen molar-refractivity contribution < 1.29 is 4.39 Å². The highest BCUT2D eigenvalue weighted by Gasteiger charge is 2.10. The third-order valence-corrected chi connectivity index (χ3v) is 3.85. The highest BCUT2D eigenvalue weighted by molar-refractivity contribution is 7.15. The Morgan fingerprint density at radius 3 is 2.90 bits per heavy atom. The van der Waals surface area contributed by atoms with E-state index >= 15 is 0 Å². The molecule has 0 aliphatic carbocycles. The van der Waals surface area contributed by atoms with Crippen LogP contribution in [0.2, 0.25) is 0 Å². The number of halogens is 1. The number of aromatic nitrogens is 3. The molecule has 0 unspecified atom stereocenters. The Labute approximate surface area is 118 Å². The van der Waals surface area contributed by atoms with Crippen molar-refractivity contribution in [1.82, 2.24) is 14.6 Å². The molecule has 0 N–H and O–H groups in total. The predicted molar refractivity (Wildman–Crippen MR) is 76.3 cm³/mol. The van der Waals surface area contributed by atoms with Gasteiger partial charge in [-0.3, -0.25) is 4.79 Å². The molecule has 0 fully saturated rings. The van der Waals surface area contributed by atoms with Gasteiger partial charge in [0.2, 0.25) is 4.96 Å². The molecule has 0 aliphatic heterocycles. The zero-order valence-corrected chi connectivity index (χ0v) is 11.7. The number of thiazole rings is 1. The Kier molecular flexibility index (Phi) is 3.31. The van der Waals surface area contributed by atoms with Crippen LogP contribution >= 0.6 is 11.3 Å². The topological polar surface area (TPSA) is 47.3 Å². The quantitative estimate of drug-likeness (QED) is 0.738. The molecule has 3 rings (SSSR count). The van der Waals surface area contributed by atoms with Crippen LogP contribution in [0.25, 0.3) is 11.0 Å². The van der Waals surface area contributed by atoms with E-state index < -0.39 is 0 Å². The second kappa shape index (κ2) is 5.13. The minimum absolute atomic E-state index is 0.247. The number of benzene rings is 1. The first kappa shape index (κ1) is 12.9. The lowest BCUT2D eigenvalue weighted by Crippen LogP contribution is -2.24. The molecule has 0 saturated heterocycles. The molecule has 3 aromatic rings. The lowest BCUT2D eigenvalue weighted by Gasteiger charge is -1.92. The summed E-state index contributed by atoms with van der Waals surface area (Å²) in [4.78, 5) is 17.0. The summed E-state index contributed by atoms with van der Waals surface area (Å²) in [5, 5.41) is 4.18. The van der Waals surface area contributed by atoms with Crippen LogP contribution in [-0.4, -0.2) is 14.6 Å². The molecule has 0 radical (unpaired) electrons. The Morgan fingerprint density at radius 2 is 2.20 bits per heavy atom. The van der Waals surface area contributed by atoms with E-state index in [0.29, 0.717) is 20.9 Å². The molecule has 0 saturated carbocycles. The van der Waals surface area contributed by atoms with Crippen molar-refractivity contribution in [1.29, 1.82) is 0 Å². The SMILES string of the molecule is CCCc1nc2s/c(=C\c3ccccc3F)c(=O)n2n1. The standard InChI is InChI=1S/C14H12FN3OS/c1-2-5-12-16-14-18(17-12)13(19)11(20-14)8-9-6-3-4-7-10(9)15/h3-4,6-8H,2,5H2,1H3/b11-8-. The summed E-state index contributed by atoms with van der Waals surface area (Å²) < 4.78 is 15.3. The van der Waals surface area contributed by atoms with Crippen molar-refractivity contribution in [3.8, 4) is 0 Å². The van der Waals surface area contributed by atoms with Gasteiger partial charge in [0.05, 0.1) is 4.53 Å². The molecular weight excluding hydrogens is 277 g/mol. The molecule has 0 spiro atoms. The van der Waals surface area contributed by atoms with Crippen LogP contribution in [0.5, 0.6) is 0 Å². The molecular formula is C14H12FN3OS. The smallest absolute Gasteiger partial charge is 0.266 e. The van der Waals surface area contributed by atoms with Gasteiger partial charge in [0.25, 0.3) is 5.56 Å². The molecule has 0 aliphatic rings. The molecule has 0 amide bonds. The van der Waals surface area contributed by atoms with E-state index in [1.165, 1.54) is 28.0 Å². The molecule has 102 valence electrons. The highest BCUT2D eigenvalue weighted by atomic mass is 32.1. The van der Waals surface area contributed by atoms with E-state index in [1.807, 2.05) is 6.92 Å². The fourth-order valence-electron chi connectivity index (χ4n) is 1.94. The average Bonchev–Trinajstić information content (AvgIpc) is 2.94. The monoisotopic (exact) mass is 289 g/mol. The fourth-order valence-corrected chi connectivity index (χ4v) is 2.85. The minimum atomic E-state index is -0.349. The van der Waals surface area contributed by atoms with Crippen LogP contribution < -0.4 is 10.1 Å². The van der Waals surface area contributed by atoms with Gasteiger partial charge in [0.15, 0.2) is 5.82 Å². The summed E-state index contributed by atoms with van der Waals surface area (Å²) in [6.07, 6.45) is 3.22. The molecule has 2 heterocycles. The van der Waals surface area contributed by atoms with Crippen molar-refractivity contribution in [3.05, 3.63) is 56.4 Å². The van der Waals surface area contributed by atoms with Crippen LogP contribution in [0.15, 0.2) is 29.1 Å². The molecule has 6 heteroatoms. The lowest BCUT2D eigenvalue weighted by molar-refractivity contribution is 0.625. The van der Waals surface area contributed by atoms with E-state index in [0.717, 1.165) is 12.8 Å². The zero-order chi connectivity index (χ0) is 14.1. The molecule has 0 bridgehead atoms. The van der Waals surface area contributed by atoms with Gasteiger partial charge in [0, 0.05) is 12.0 Å². The van der Waals surface area contributed by atoms with Gasteiger partial charge in [-0.15, -0.1) is 5.10 Å². The largest absolute Gasteiger partial charge is 0.291 e. The van der Waals surface area contributed by atoms with Gasteiger partial charge in [0.1, 0.15) is 5.82 Å². The van der Waals surface area contributed by atoms with Crippen molar-refractivity contribution in [3.63, 3.8) is 0 Å². The molecule has 0 atom stereocenters. The summed E-state index contributed by atoms with van der Waals surface area (Å²) in [6, 6.07) is 6.35. The van der Waals surface area contributed by atoms with Gasteiger partial charge in [-0.1, -0.05) is 36.5 Å². The molecule has 2 aromatic heterocycles. The minimum Gasteiger partial charge on any atom is -0.266 e. The molecule has 1 aromatic carbocycles. The third-order valence-electron chi connectivity index (χ3n) is 2.89. The van der Waals surface area contributed by atoms with Crippen LogP contribution in [0.4, 0.5) is 4.39 Å². The maximum atomic E-state index is 13.6. The maximum Gasteiger partial charge on any atom is 0.291 e. The first-order valence-electron chi connectivity index (χ1n) is 6.33. The summed E-state index contributed by atoms with van der Waals surface area (Å²) in [5.41, 5.74) is 0.144. The maximum absolute atomic E-state index is 13.6. The number of nitrogens with zero attached hydrogens (tertiary/aromatic N) is 3. The van der Waals surface area contributed by atoms with E-state index in [2.05, 4.69) is 10.1 Å². The predicted octanol–water partition coefficient (Wildman–Crippen LogP) is 1.79. The van der Waals surface area contributed by atoms with Gasteiger partial charge in [-0.2, -0.15) is 4.52 Å². The lowest BCUT2D eigenvalue weighted by atomic mass is 10.2. The van der Waals surface area contributed by atoms with Gasteiger partial charge in [-0.25, -0.2) is 9.37 Å². The van der Waals surface area contributed by atoms with E-state index in [4.69, 9.17) is 0 Å². The van der Waals surface area contributed by atoms with E-state index in [9.17, 15) is 9.18 Å². The highest BCUT2D eigenvalue weighted by Crippen LogP contribution is 2.08. The van der Waals surface area contributed by atoms with Gasteiger partial charge in [-0.05, 0) is 18.6 Å². The average molecular weight is 289 g/mol. The summed E-state index contributed by atoms with van der Waals surface area (Å²) >= 11 is 1.23. The van der Waals surface area contributed by atoms with E-state index in [-0.39, 0.29) is 11.4 Å². The first-order chi connectivity index (χ1) is 9.69. The third kappa shape index (κ3) is 2.22. The summed E-state index contributed by atoms with van der Waals surface area (Å²) in [5.74, 6) is 0.325. The van der Waals surface area contributed by atoms with Crippen LogP contribution in [0.1, 0.15) is 24.7 Å². The Bertz CT molecular complexity index is 868. The van der Waals surface area contributed by atoms with Crippen LogP contribution in [0, 0.1) is 5.82 Å². The first-order valence-corrected chi connectivity index (χ1v) is 7.15. The van der Waals surface area contributed by atoms with Crippen molar-refractivity contribution in [2.75, 3.05) is 0 Å². The fraction of sp³-hybridized carbons (Fsp3) is 0.214. The Morgan fingerprint density at radius 1 is 1.40 bits per heavy atom. The summed E-state index contributed by atoms with van der Waals surface area (Å²) in [7, 11) is 0.